The van der Waals surface area contributed by atoms with Crippen LogP contribution in [0.5, 0.6) is 0 Å². The van der Waals surface area contributed by atoms with E-state index in [1.165, 1.54) is 31.5 Å². The van der Waals surface area contributed by atoms with Crippen LogP contribution in [-0.4, -0.2) is 22.9 Å². The van der Waals surface area contributed by atoms with Gasteiger partial charge in [0, 0.05) is 13.2 Å². The van der Waals surface area contributed by atoms with Gasteiger partial charge in [-0.15, -0.1) is 0 Å². The van der Waals surface area contributed by atoms with Crippen LogP contribution in [0.25, 0.3) is 12.2 Å². The Kier molecular flexibility index (Phi) is 4.49. The molecule has 0 fully saturated rings. The average Bonchev–Trinajstić information content (AvgIpc) is 2.48. The maximum atomic E-state index is 13.3. The highest BCUT2D eigenvalue weighted by Gasteiger charge is 2.08. The highest BCUT2D eigenvalue weighted by Crippen LogP contribution is 2.16. The SMILES string of the molecule is CNC(=O)c1cnc(C=Cc2ccc(Cl)c(F)c2)[nH]c1=O. The lowest BCUT2D eigenvalue weighted by Crippen LogP contribution is -2.27. The minimum atomic E-state index is -0.550. The first-order valence-corrected chi connectivity index (χ1v) is 6.33. The molecular formula is C14H11ClFN3O2. The van der Waals surface area contributed by atoms with Crippen LogP contribution in [0, 0.1) is 5.82 Å². The van der Waals surface area contributed by atoms with Crippen LogP contribution in [0.1, 0.15) is 21.7 Å². The van der Waals surface area contributed by atoms with Crippen LogP contribution in [0.4, 0.5) is 4.39 Å². The molecule has 0 aliphatic carbocycles. The van der Waals surface area contributed by atoms with Gasteiger partial charge in [-0.2, -0.15) is 0 Å². The lowest BCUT2D eigenvalue weighted by atomic mass is 10.2. The van der Waals surface area contributed by atoms with E-state index in [2.05, 4.69) is 15.3 Å². The van der Waals surface area contributed by atoms with Gasteiger partial charge in [0.1, 0.15) is 17.2 Å². The number of amides is 1. The molecule has 5 nitrogen and oxygen atoms in total. The van der Waals surface area contributed by atoms with Crippen molar-refractivity contribution in [2.45, 2.75) is 0 Å². The molecule has 0 atom stereocenters. The van der Waals surface area contributed by atoms with Gasteiger partial charge in [-0.3, -0.25) is 9.59 Å². The number of carbonyl (C=O) groups is 1. The van der Waals surface area contributed by atoms with E-state index in [9.17, 15) is 14.0 Å². The molecule has 108 valence electrons. The van der Waals surface area contributed by atoms with Crippen LogP contribution in [0.2, 0.25) is 5.02 Å². The second kappa shape index (κ2) is 6.32. The number of hydrogen-bond acceptors (Lipinski definition) is 3. The van der Waals surface area contributed by atoms with Gasteiger partial charge < -0.3 is 10.3 Å². The average molecular weight is 308 g/mol. The largest absolute Gasteiger partial charge is 0.355 e. The Hall–Kier alpha value is -2.47. The number of aromatic amines is 1. The molecule has 2 N–H and O–H groups in total. The number of hydrogen-bond donors (Lipinski definition) is 2. The Morgan fingerprint density at radius 1 is 1.43 bits per heavy atom. The highest BCUT2D eigenvalue weighted by molar-refractivity contribution is 6.30. The number of nitrogens with one attached hydrogen (secondary N) is 2. The van der Waals surface area contributed by atoms with E-state index in [0.29, 0.717) is 5.56 Å². The van der Waals surface area contributed by atoms with Crippen molar-refractivity contribution in [1.29, 1.82) is 0 Å². The summed E-state index contributed by atoms with van der Waals surface area (Å²) in [5.74, 6) is -0.794. The number of benzene rings is 1. The van der Waals surface area contributed by atoms with Gasteiger partial charge in [-0.1, -0.05) is 23.7 Å². The van der Waals surface area contributed by atoms with Gasteiger partial charge in [0.15, 0.2) is 0 Å². The number of carbonyl (C=O) groups excluding carboxylic acids is 1. The molecule has 0 bridgehead atoms. The van der Waals surface area contributed by atoms with Crippen molar-refractivity contribution in [2.75, 3.05) is 7.05 Å². The number of nitrogens with zero attached hydrogens (tertiary/aromatic N) is 1. The maximum Gasteiger partial charge on any atom is 0.263 e. The van der Waals surface area contributed by atoms with Crippen LogP contribution >= 0.6 is 11.6 Å². The predicted molar refractivity (Wildman–Crippen MR) is 78.6 cm³/mol. The first-order chi connectivity index (χ1) is 10.0. The standard InChI is InChI=1S/C14H11ClFN3O2/c1-17-13(20)9-7-18-12(19-14(9)21)5-3-8-2-4-10(15)11(16)6-8/h2-7H,1H3,(H,17,20)(H,18,19,21). The van der Waals surface area contributed by atoms with E-state index in [-0.39, 0.29) is 16.4 Å². The fraction of sp³-hybridized carbons (Fsp3) is 0.0714. The van der Waals surface area contributed by atoms with E-state index in [1.807, 2.05) is 0 Å². The van der Waals surface area contributed by atoms with Crippen molar-refractivity contribution >= 4 is 29.7 Å². The molecule has 21 heavy (non-hydrogen) atoms. The second-order valence-corrected chi connectivity index (χ2v) is 4.50. The molecule has 1 amide bonds. The zero-order valence-corrected chi connectivity index (χ0v) is 11.7. The molecule has 0 saturated heterocycles. The predicted octanol–water partition coefficient (Wildman–Crippen LogP) is 2.09. The second-order valence-electron chi connectivity index (χ2n) is 4.10. The Labute approximate surface area is 124 Å². The van der Waals surface area contributed by atoms with E-state index >= 15 is 0 Å². The number of rotatable bonds is 3. The Morgan fingerprint density at radius 3 is 2.81 bits per heavy atom. The Balaban J connectivity index is 2.25. The third-order valence-electron chi connectivity index (χ3n) is 2.67. The van der Waals surface area contributed by atoms with Gasteiger partial charge in [0.25, 0.3) is 11.5 Å². The molecule has 0 aliphatic heterocycles. The minimum absolute atomic E-state index is 0.0358. The van der Waals surface area contributed by atoms with Gasteiger partial charge in [-0.05, 0) is 23.8 Å². The molecule has 2 aromatic rings. The number of H-pyrrole nitrogens is 1. The lowest BCUT2D eigenvalue weighted by Gasteiger charge is -1.99. The van der Waals surface area contributed by atoms with Crippen molar-refractivity contribution in [3.63, 3.8) is 0 Å². The molecular weight excluding hydrogens is 297 g/mol. The maximum absolute atomic E-state index is 13.3. The molecule has 0 unspecified atom stereocenters. The van der Waals surface area contributed by atoms with E-state index in [1.54, 1.807) is 12.1 Å². The molecule has 1 heterocycles. The molecule has 1 aromatic heterocycles. The fourth-order valence-corrected chi connectivity index (χ4v) is 1.70. The van der Waals surface area contributed by atoms with Crippen molar-refractivity contribution in [3.05, 3.63) is 62.5 Å². The van der Waals surface area contributed by atoms with E-state index in [0.717, 1.165) is 0 Å². The molecule has 0 aliphatic rings. The van der Waals surface area contributed by atoms with Crippen molar-refractivity contribution in [3.8, 4) is 0 Å². The van der Waals surface area contributed by atoms with Crippen molar-refractivity contribution < 1.29 is 9.18 Å². The molecule has 1 aromatic carbocycles. The molecule has 0 radical (unpaired) electrons. The normalized spacial score (nSPS) is 10.8. The molecule has 2 rings (SSSR count). The summed E-state index contributed by atoms with van der Waals surface area (Å²) in [4.78, 5) is 29.4. The zero-order valence-electron chi connectivity index (χ0n) is 11.0. The summed E-state index contributed by atoms with van der Waals surface area (Å²) in [6.45, 7) is 0. The van der Waals surface area contributed by atoms with E-state index in [4.69, 9.17) is 11.6 Å². The van der Waals surface area contributed by atoms with Crippen LogP contribution < -0.4 is 10.9 Å². The fourth-order valence-electron chi connectivity index (χ4n) is 1.58. The molecule has 0 saturated carbocycles. The molecule has 0 spiro atoms. The summed E-state index contributed by atoms with van der Waals surface area (Å²) in [5.41, 5.74) is -0.0617. The van der Waals surface area contributed by atoms with E-state index < -0.39 is 17.3 Å². The zero-order chi connectivity index (χ0) is 15.4. The summed E-state index contributed by atoms with van der Waals surface area (Å²) in [5, 5.41) is 2.38. The van der Waals surface area contributed by atoms with Gasteiger partial charge in [-0.25, -0.2) is 9.37 Å². The quantitative estimate of drug-likeness (QED) is 0.912. The van der Waals surface area contributed by atoms with Crippen molar-refractivity contribution in [2.24, 2.45) is 0 Å². The monoisotopic (exact) mass is 307 g/mol. The summed E-state index contributed by atoms with van der Waals surface area (Å²) in [6, 6.07) is 4.32. The Bertz CT molecular complexity index is 771. The third-order valence-corrected chi connectivity index (χ3v) is 2.97. The van der Waals surface area contributed by atoms with Gasteiger partial charge >= 0.3 is 0 Å². The summed E-state index contributed by atoms with van der Waals surface area (Å²) in [6.07, 6.45) is 4.24. The number of aromatic nitrogens is 2. The summed E-state index contributed by atoms with van der Waals surface area (Å²) >= 11 is 5.58. The van der Waals surface area contributed by atoms with Crippen LogP contribution in [0.15, 0.2) is 29.2 Å². The summed E-state index contributed by atoms with van der Waals surface area (Å²) < 4.78 is 13.3. The van der Waals surface area contributed by atoms with Crippen molar-refractivity contribution in [1.82, 2.24) is 15.3 Å². The van der Waals surface area contributed by atoms with Gasteiger partial charge in [0.05, 0.1) is 5.02 Å². The Morgan fingerprint density at radius 2 is 2.19 bits per heavy atom. The van der Waals surface area contributed by atoms with Crippen LogP contribution in [-0.2, 0) is 0 Å². The highest BCUT2D eigenvalue weighted by atomic mass is 35.5. The molecule has 7 heteroatoms. The summed E-state index contributed by atoms with van der Waals surface area (Å²) in [7, 11) is 1.42. The number of halogens is 2. The lowest BCUT2D eigenvalue weighted by molar-refractivity contribution is 0.0961. The smallest absolute Gasteiger partial charge is 0.263 e. The van der Waals surface area contributed by atoms with Crippen LogP contribution in [0.3, 0.4) is 0 Å². The minimum Gasteiger partial charge on any atom is -0.355 e. The third kappa shape index (κ3) is 3.55. The first-order valence-electron chi connectivity index (χ1n) is 5.96. The topological polar surface area (TPSA) is 74.8 Å². The van der Waals surface area contributed by atoms with Gasteiger partial charge in [0.2, 0.25) is 0 Å². The first kappa shape index (κ1) is 14.9.